The fraction of sp³-hybridized carbons (Fsp3) is 0.667. The average molecular weight is 549 g/mol. The lowest BCUT2D eigenvalue weighted by atomic mass is 10.1. The first-order valence-electron chi connectivity index (χ1n) is 13.1. The van der Waals surface area contributed by atoms with Crippen molar-refractivity contribution in [3.05, 3.63) is 37.0 Å². The van der Waals surface area contributed by atoms with Gasteiger partial charge in [-0.05, 0) is 40.5 Å². The summed E-state index contributed by atoms with van der Waals surface area (Å²) in [6.07, 6.45) is 14.7. The highest BCUT2D eigenvalue weighted by atomic mass is 28.1. The van der Waals surface area contributed by atoms with Gasteiger partial charge >= 0.3 is 17.9 Å². The van der Waals surface area contributed by atoms with Crippen molar-refractivity contribution in [2.75, 3.05) is 19.8 Å². The Kier molecular flexibility index (Phi) is 37.2. The fourth-order valence-electron chi connectivity index (χ4n) is 2.45. The van der Waals surface area contributed by atoms with Crippen molar-refractivity contribution < 1.29 is 43.9 Å². The molecule has 218 valence electrons. The van der Waals surface area contributed by atoms with E-state index in [1.807, 2.05) is 0 Å². The number of rotatable bonds is 19. The largest absolute Gasteiger partial charge is 0.487 e. The SMILES string of the molecule is C=C(OCC)C(=O)O.C=C(OCC)C(=O)O.C=C(OCC)C(=O)O.CCCCCCCCCCCC[SiH3]. The van der Waals surface area contributed by atoms with E-state index in [9.17, 15) is 14.4 Å². The molecule has 0 atom stereocenters. The molecule has 0 unspecified atom stereocenters. The maximum atomic E-state index is 9.86. The topological polar surface area (TPSA) is 140 Å². The third kappa shape index (κ3) is 40.7. The fourth-order valence-corrected chi connectivity index (χ4v) is 2.95. The molecule has 0 aromatic rings. The summed E-state index contributed by atoms with van der Waals surface area (Å²) in [5, 5.41) is 24.3. The Labute approximate surface area is 227 Å². The standard InChI is InChI=1S/C12H28Si.3C5H8O3/c1-2-3-4-5-6-7-8-9-10-11-12-13;3*1-3-8-4(2)5(6)7/h2-12H2,1,13H3;3*2-3H2,1H3,(H,6,7). The summed E-state index contributed by atoms with van der Waals surface area (Å²) in [7, 11) is 1.41. The molecule has 0 spiro atoms. The summed E-state index contributed by atoms with van der Waals surface area (Å²) in [6.45, 7) is 17.8. The van der Waals surface area contributed by atoms with Crippen LogP contribution >= 0.6 is 0 Å². The number of carboxylic acids is 3. The van der Waals surface area contributed by atoms with Crippen molar-refractivity contribution in [1.82, 2.24) is 0 Å². The molecule has 9 nitrogen and oxygen atoms in total. The summed E-state index contributed by atoms with van der Waals surface area (Å²) in [5.41, 5.74) is 0. The number of carbonyl (C=O) groups is 3. The van der Waals surface area contributed by atoms with Gasteiger partial charge in [0, 0.05) is 10.2 Å². The second kappa shape index (κ2) is 33.2. The van der Waals surface area contributed by atoms with Crippen molar-refractivity contribution in [3.8, 4) is 0 Å². The van der Waals surface area contributed by atoms with E-state index >= 15 is 0 Å². The summed E-state index contributed by atoms with van der Waals surface area (Å²) in [4.78, 5) is 29.6. The molecule has 0 amide bonds. The van der Waals surface area contributed by atoms with Gasteiger partial charge in [-0.15, -0.1) is 0 Å². The Morgan fingerprint density at radius 2 is 0.784 bits per heavy atom. The van der Waals surface area contributed by atoms with Crippen LogP contribution in [0.2, 0.25) is 6.04 Å². The van der Waals surface area contributed by atoms with E-state index in [2.05, 4.69) is 40.9 Å². The third-order valence-corrected chi connectivity index (χ3v) is 5.09. The van der Waals surface area contributed by atoms with Gasteiger partial charge in [-0.1, -0.05) is 77.2 Å². The van der Waals surface area contributed by atoms with Gasteiger partial charge in [-0.25, -0.2) is 14.4 Å². The normalized spacial score (nSPS) is 9.08. The van der Waals surface area contributed by atoms with Crippen molar-refractivity contribution >= 4 is 28.2 Å². The highest BCUT2D eigenvalue weighted by Crippen LogP contribution is 2.10. The second-order valence-electron chi connectivity index (χ2n) is 7.67. The molecule has 0 aliphatic rings. The second-order valence-corrected chi connectivity index (χ2v) is 8.67. The van der Waals surface area contributed by atoms with Crippen LogP contribution in [-0.4, -0.2) is 63.3 Å². The minimum Gasteiger partial charge on any atom is -0.487 e. The van der Waals surface area contributed by atoms with Crippen LogP contribution in [0.15, 0.2) is 37.0 Å². The molecule has 0 radical (unpaired) electrons. The molecule has 0 saturated carbocycles. The zero-order valence-electron chi connectivity index (χ0n) is 23.8. The van der Waals surface area contributed by atoms with Crippen molar-refractivity contribution in [3.63, 3.8) is 0 Å². The van der Waals surface area contributed by atoms with Crippen molar-refractivity contribution in [2.24, 2.45) is 0 Å². The highest BCUT2D eigenvalue weighted by Gasteiger charge is 2.02. The number of carboxylic acid groups (broad SMARTS) is 3. The molecule has 0 saturated heterocycles. The summed E-state index contributed by atoms with van der Waals surface area (Å²) >= 11 is 0. The molecule has 37 heavy (non-hydrogen) atoms. The third-order valence-electron chi connectivity index (χ3n) is 4.38. The molecule has 0 bridgehead atoms. The predicted molar refractivity (Wildman–Crippen MR) is 152 cm³/mol. The summed E-state index contributed by atoms with van der Waals surface area (Å²) < 4.78 is 13.5. The predicted octanol–water partition coefficient (Wildman–Crippen LogP) is 5.55. The van der Waals surface area contributed by atoms with Gasteiger partial charge in [0.25, 0.3) is 0 Å². The number of unbranched alkanes of at least 4 members (excludes halogenated alkanes) is 9. The molecule has 0 aliphatic carbocycles. The Morgan fingerprint density at radius 3 is 0.946 bits per heavy atom. The molecule has 0 fully saturated rings. The number of hydrogen-bond donors (Lipinski definition) is 3. The molecule has 0 heterocycles. The monoisotopic (exact) mass is 548 g/mol. The first-order valence-corrected chi connectivity index (χ1v) is 14.5. The van der Waals surface area contributed by atoms with Crippen LogP contribution < -0.4 is 0 Å². The molecule has 0 aromatic carbocycles. The van der Waals surface area contributed by atoms with E-state index in [-0.39, 0.29) is 17.3 Å². The van der Waals surface area contributed by atoms with E-state index in [0.29, 0.717) is 19.8 Å². The first-order chi connectivity index (χ1) is 17.5. The van der Waals surface area contributed by atoms with Crippen LogP contribution in [0, 0.1) is 0 Å². The van der Waals surface area contributed by atoms with E-state index in [4.69, 9.17) is 15.3 Å². The van der Waals surface area contributed by atoms with Gasteiger partial charge in [-0.3, -0.25) is 0 Å². The van der Waals surface area contributed by atoms with Gasteiger partial charge in [0.1, 0.15) is 0 Å². The van der Waals surface area contributed by atoms with Crippen LogP contribution in [0.3, 0.4) is 0 Å². The zero-order chi connectivity index (χ0) is 29.5. The quantitative estimate of drug-likeness (QED) is 0.0819. The smallest absolute Gasteiger partial charge is 0.370 e. The Hall–Kier alpha value is -2.75. The van der Waals surface area contributed by atoms with Crippen molar-refractivity contribution in [1.29, 1.82) is 0 Å². The number of hydrogen-bond acceptors (Lipinski definition) is 6. The average Bonchev–Trinajstić information content (AvgIpc) is 2.84. The van der Waals surface area contributed by atoms with Crippen molar-refractivity contribution in [2.45, 2.75) is 97.9 Å². The van der Waals surface area contributed by atoms with Gasteiger partial charge in [0.2, 0.25) is 0 Å². The van der Waals surface area contributed by atoms with E-state index in [1.165, 1.54) is 80.5 Å². The highest BCUT2D eigenvalue weighted by molar-refractivity contribution is 6.08. The Balaban J connectivity index is -0.000000202. The molecule has 0 aliphatic heterocycles. The lowest BCUT2D eigenvalue weighted by Gasteiger charge is -2.00. The summed E-state index contributed by atoms with van der Waals surface area (Å²) in [6, 6.07) is 1.51. The zero-order valence-corrected chi connectivity index (χ0v) is 25.8. The minimum atomic E-state index is -1.10. The lowest BCUT2D eigenvalue weighted by molar-refractivity contribution is -0.137. The lowest BCUT2D eigenvalue weighted by Crippen LogP contribution is -2.02. The molecule has 0 aromatic heterocycles. The van der Waals surface area contributed by atoms with Crippen LogP contribution in [-0.2, 0) is 28.6 Å². The Bertz CT molecular complexity index is 542. The number of ether oxygens (including phenoxy) is 3. The van der Waals surface area contributed by atoms with Crippen LogP contribution in [0.4, 0.5) is 0 Å². The maximum absolute atomic E-state index is 9.86. The Morgan fingerprint density at radius 1 is 0.541 bits per heavy atom. The van der Waals surface area contributed by atoms with Gasteiger partial charge < -0.3 is 29.5 Å². The van der Waals surface area contributed by atoms with Crippen LogP contribution in [0.1, 0.15) is 91.9 Å². The van der Waals surface area contributed by atoms with E-state index in [0.717, 1.165) is 0 Å². The molecular weight excluding hydrogens is 496 g/mol. The van der Waals surface area contributed by atoms with Crippen LogP contribution in [0.25, 0.3) is 0 Å². The molecule has 3 N–H and O–H groups in total. The van der Waals surface area contributed by atoms with Gasteiger partial charge in [0.05, 0.1) is 19.8 Å². The van der Waals surface area contributed by atoms with Gasteiger partial charge in [0.15, 0.2) is 17.3 Å². The molecule has 0 rings (SSSR count). The number of aliphatic carboxylic acids is 3. The van der Waals surface area contributed by atoms with E-state index in [1.54, 1.807) is 20.8 Å². The maximum Gasteiger partial charge on any atom is 0.370 e. The van der Waals surface area contributed by atoms with Crippen LogP contribution in [0.5, 0.6) is 0 Å². The van der Waals surface area contributed by atoms with E-state index < -0.39 is 17.9 Å². The molecular formula is C27H52O9Si. The summed E-state index contributed by atoms with van der Waals surface area (Å²) in [5.74, 6) is -3.92. The van der Waals surface area contributed by atoms with Gasteiger partial charge in [-0.2, -0.15) is 0 Å². The minimum absolute atomic E-state index is 0.201. The first kappa shape index (κ1) is 41.4. The molecule has 10 heteroatoms.